The van der Waals surface area contributed by atoms with E-state index in [2.05, 4.69) is 10.2 Å². The highest BCUT2D eigenvalue weighted by atomic mass is 17.0. The second-order valence-corrected chi connectivity index (χ2v) is 7.13. The lowest BCUT2D eigenvalue weighted by Gasteiger charge is -2.19. The molecule has 2 saturated heterocycles. The first-order valence-corrected chi connectivity index (χ1v) is 9.63. The zero-order chi connectivity index (χ0) is 24.3. The van der Waals surface area contributed by atoms with Gasteiger partial charge in [0.15, 0.2) is 17.6 Å². The average Bonchev–Trinajstić information content (AvgIpc) is 3.26. The van der Waals surface area contributed by atoms with Gasteiger partial charge in [-0.1, -0.05) is 0 Å². The third-order valence-electron chi connectivity index (χ3n) is 4.58. The minimum atomic E-state index is -0.941. The fraction of sp³-hybridized carbons (Fsp3) is 0.474. The predicted octanol–water partition coefficient (Wildman–Crippen LogP) is -0.0646. The molecule has 4 atom stereocenters. The molecule has 1 aromatic rings. The Balaban J connectivity index is 1.85. The van der Waals surface area contributed by atoms with Crippen LogP contribution in [0.5, 0.6) is 17.2 Å². The van der Waals surface area contributed by atoms with Gasteiger partial charge in [-0.3, -0.25) is 19.2 Å². The van der Waals surface area contributed by atoms with E-state index in [-0.39, 0.29) is 36.0 Å². The van der Waals surface area contributed by atoms with Crippen molar-refractivity contribution in [1.29, 1.82) is 0 Å². The van der Waals surface area contributed by atoms with Gasteiger partial charge in [-0.25, -0.2) is 0 Å². The summed E-state index contributed by atoms with van der Waals surface area (Å²) < 4.78 is 26.1. The molecule has 1 aromatic carbocycles. The summed E-state index contributed by atoms with van der Waals surface area (Å²) in [5.74, 6) is -4.03. The van der Waals surface area contributed by atoms with E-state index < -0.39 is 53.3 Å². The summed E-state index contributed by atoms with van der Waals surface area (Å²) in [4.78, 5) is 62.5. The molecule has 33 heavy (non-hydrogen) atoms. The van der Waals surface area contributed by atoms with Crippen LogP contribution in [0.25, 0.3) is 0 Å². The molecule has 1 N–H and O–H groups in total. The van der Waals surface area contributed by atoms with Crippen molar-refractivity contribution in [2.45, 2.75) is 45.1 Å². The Morgan fingerprint density at radius 3 is 2.00 bits per heavy atom. The van der Waals surface area contributed by atoms with Crippen LogP contribution in [0, 0.1) is 10.1 Å². The Kier molecular flexibility index (Phi) is 7.08. The average molecular weight is 468 g/mol. The monoisotopic (exact) mass is 468 g/mol. The second kappa shape index (κ2) is 9.79. The third kappa shape index (κ3) is 5.72. The normalized spacial score (nSPS) is 23.2. The van der Waals surface area contributed by atoms with Crippen LogP contribution < -0.4 is 19.5 Å². The molecule has 0 unspecified atom stereocenters. The molecule has 2 heterocycles. The van der Waals surface area contributed by atoms with Crippen LogP contribution in [0.2, 0.25) is 0 Å². The number of nitrogens with one attached hydrogen (secondary N) is 1. The van der Waals surface area contributed by atoms with E-state index in [4.69, 9.17) is 23.7 Å². The van der Waals surface area contributed by atoms with E-state index in [9.17, 15) is 29.3 Å². The van der Waals surface area contributed by atoms with E-state index in [1.54, 1.807) is 0 Å². The summed E-state index contributed by atoms with van der Waals surface area (Å²) in [6, 6.07) is 1.58. The van der Waals surface area contributed by atoms with Crippen molar-refractivity contribution < 1.29 is 52.8 Å². The molecule has 0 aromatic heterocycles. The number of nitrogens with zero attached hydrogens (tertiary/aromatic N) is 1. The fourth-order valence-electron chi connectivity index (χ4n) is 3.45. The number of amides is 1. The predicted molar refractivity (Wildman–Crippen MR) is 103 cm³/mol. The molecule has 2 aliphatic rings. The number of rotatable bonds is 7. The van der Waals surface area contributed by atoms with Crippen LogP contribution in [-0.2, 0) is 28.7 Å². The Bertz CT molecular complexity index is 956. The molecule has 0 saturated carbocycles. The number of ether oxygens (including phenoxy) is 5. The molecule has 14 heteroatoms. The fourth-order valence-corrected chi connectivity index (χ4v) is 3.45. The molecular formula is C19H20N2O12. The zero-order valence-corrected chi connectivity index (χ0v) is 17.7. The highest BCUT2D eigenvalue weighted by Crippen LogP contribution is 2.39. The van der Waals surface area contributed by atoms with E-state index in [0.717, 1.165) is 32.9 Å². The van der Waals surface area contributed by atoms with Crippen LogP contribution in [0.15, 0.2) is 12.1 Å². The van der Waals surface area contributed by atoms with Gasteiger partial charge in [-0.05, 0) is 12.1 Å². The lowest BCUT2D eigenvalue weighted by Crippen LogP contribution is -2.44. The maximum Gasteiger partial charge on any atom is 0.308 e. The van der Waals surface area contributed by atoms with E-state index in [0.29, 0.717) is 0 Å². The standard InChI is InChI=1S/C19H20N2O12/c1-8(22)30-13-4-11(5-14(31-9(2)23)17(13)32-10(3)24)19(25)20-12-6-28-18-15(33-21(26)27)7-29-16(12)18/h4-5,12,15-16,18H,6-7H2,1-3H3,(H,20,25)/t12-,15-,16-,18-/m0/s1. The Labute approximate surface area is 186 Å². The van der Waals surface area contributed by atoms with Gasteiger partial charge in [0.25, 0.3) is 11.0 Å². The Morgan fingerprint density at radius 2 is 1.48 bits per heavy atom. The van der Waals surface area contributed by atoms with Crippen molar-refractivity contribution >= 4 is 23.8 Å². The number of carbonyl (C=O) groups excluding carboxylic acids is 4. The summed E-state index contributed by atoms with van der Waals surface area (Å²) in [5.41, 5.74) is -0.0991. The number of benzene rings is 1. The summed E-state index contributed by atoms with van der Waals surface area (Å²) in [6.07, 6.45) is -2.37. The molecule has 178 valence electrons. The lowest BCUT2D eigenvalue weighted by atomic mass is 10.1. The van der Waals surface area contributed by atoms with Gasteiger partial charge >= 0.3 is 17.9 Å². The highest BCUT2D eigenvalue weighted by molar-refractivity contribution is 5.96. The van der Waals surface area contributed by atoms with Crippen LogP contribution in [-0.4, -0.2) is 66.5 Å². The Morgan fingerprint density at radius 1 is 0.939 bits per heavy atom. The van der Waals surface area contributed by atoms with Crippen LogP contribution >= 0.6 is 0 Å². The topological polar surface area (TPSA) is 179 Å². The maximum atomic E-state index is 12.9. The SMILES string of the molecule is CC(=O)Oc1cc(C(=O)N[C@H]2CO[C@@H]3[C@H]2OC[C@@H]3O[N+](=O)[O-])cc(OC(C)=O)c1OC(C)=O. The van der Waals surface area contributed by atoms with Gasteiger partial charge in [-0.15, -0.1) is 10.1 Å². The zero-order valence-electron chi connectivity index (χ0n) is 17.7. The van der Waals surface area contributed by atoms with Crippen molar-refractivity contribution in [2.24, 2.45) is 0 Å². The minimum absolute atomic E-state index is 0.00220. The first-order valence-electron chi connectivity index (χ1n) is 9.63. The maximum absolute atomic E-state index is 12.9. The number of hydrogen-bond acceptors (Lipinski definition) is 12. The minimum Gasteiger partial charge on any atom is -0.423 e. The van der Waals surface area contributed by atoms with Crippen molar-refractivity contribution in [1.82, 2.24) is 5.32 Å². The molecule has 0 aliphatic carbocycles. The van der Waals surface area contributed by atoms with Crippen molar-refractivity contribution in [3.63, 3.8) is 0 Å². The molecule has 2 fully saturated rings. The van der Waals surface area contributed by atoms with E-state index in [1.165, 1.54) is 0 Å². The van der Waals surface area contributed by atoms with Crippen molar-refractivity contribution in [3.05, 3.63) is 27.8 Å². The van der Waals surface area contributed by atoms with Crippen molar-refractivity contribution in [3.8, 4) is 17.2 Å². The summed E-state index contributed by atoms with van der Waals surface area (Å²) in [7, 11) is 0. The number of hydrogen-bond donors (Lipinski definition) is 1. The smallest absolute Gasteiger partial charge is 0.308 e. The largest absolute Gasteiger partial charge is 0.423 e. The molecule has 14 nitrogen and oxygen atoms in total. The molecule has 0 bridgehead atoms. The Hall–Kier alpha value is -3.78. The third-order valence-corrected chi connectivity index (χ3v) is 4.58. The lowest BCUT2D eigenvalue weighted by molar-refractivity contribution is -0.769. The summed E-state index contributed by atoms with van der Waals surface area (Å²) in [6.45, 7) is 3.17. The van der Waals surface area contributed by atoms with Gasteiger partial charge in [0.1, 0.15) is 12.2 Å². The summed E-state index contributed by atoms with van der Waals surface area (Å²) >= 11 is 0. The number of carbonyl (C=O) groups is 4. The summed E-state index contributed by atoms with van der Waals surface area (Å²) in [5, 5.41) is 12.3. The van der Waals surface area contributed by atoms with Gasteiger partial charge in [0.05, 0.1) is 19.3 Å². The molecular weight excluding hydrogens is 448 g/mol. The van der Waals surface area contributed by atoms with Crippen LogP contribution in [0.1, 0.15) is 31.1 Å². The molecule has 3 rings (SSSR count). The molecule has 2 aliphatic heterocycles. The van der Waals surface area contributed by atoms with Gasteiger partial charge in [-0.2, -0.15) is 0 Å². The van der Waals surface area contributed by atoms with Crippen LogP contribution in [0.3, 0.4) is 0 Å². The highest BCUT2D eigenvalue weighted by Gasteiger charge is 2.50. The van der Waals surface area contributed by atoms with E-state index >= 15 is 0 Å². The number of fused-ring (bicyclic) bond motifs is 1. The quantitative estimate of drug-likeness (QED) is 0.244. The van der Waals surface area contributed by atoms with Gasteiger partial charge in [0.2, 0.25) is 5.75 Å². The molecule has 0 spiro atoms. The molecule has 0 radical (unpaired) electrons. The van der Waals surface area contributed by atoms with Crippen LogP contribution in [0.4, 0.5) is 0 Å². The molecule has 1 amide bonds. The van der Waals surface area contributed by atoms with E-state index in [1.807, 2.05) is 0 Å². The second-order valence-electron chi connectivity index (χ2n) is 7.13. The van der Waals surface area contributed by atoms with Gasteiger partial charge < -0.3 is 33.8 Å². The van der Waals surface area contributed by atoms with Crippen molar-refractivity contribution in [2.75, 3.05) is 13.2 Å². The first-order chi connectivity index (χ1) is 15.5. The number of esters is 3. The van der Waals surface area contributed by atoms with Gasteiger partial charge in [0, 0.05) is 26.3 Å². The first kappa shape index (κ1) is 23.9.